The van der Waals surface area contributed by atoms with Crippen LogP contribution >= 0.6 is 11.6 Å². The Morgan fingerprint density at radius 1 is 1.23 bits per heavy atom. The number of anilines is 2. The highest BCUT2D eigenvalue weighted by Crippen LogP contribution is 2.33. The molecule has 0 unspecified atom stereocenters. The molecule has 0 aliphatic carbocycles. The van der Waals surface area contributed by atoms with Gasteiger partial charge in [0.15, 0.2) is 0 Å². The van der Waals surface area contributed by atoms with E-state index < -0.39 is 5.91 Å². The molecule has 0 atom stereocenters. The lowest BCUT2D eigenvalue weighted by atomic mass is 10.2. The molecule has 150 valence electrons. The molecular formula is C22H18ClN5O2. The molecule has 30 heavy (non-hydrogen) atoms. The predicted molar refractivity (Wildman–Crippen MR) is 113 cm³/mol. The first-order valence-corrected chi connectivity index (χ1v) is 9.78. The molecule has 0 fully saturated rings. The zero-order valence-corrected chi connectivity index (χ0v) is 16.8. The Hall–Kier alpha value is -3.63. The Labute approximate surface area is 178 Å². The smallest absolute Gasteiger partial charge is 0.259 e. The maximum absolute atomic E-state index is 12.5. The van der Waals surface area contributed by atoms with Crippen LogP contribution in [0.3, 0.4) is 0 Å². The van der Waals surface area contributed by atoms with Gasteiger partial charge in [-0.05, 0) is 35.7 Å². The van der Waals surface area contributed by atoms with Gasteiger partial charge in [-0.3, -0.25) is 4.79 Å². The van der Waals surface area contributed by atoms with Crippen molar-refractivity contribution < 1.29 is 9.53 Å². The molecule has 1 amide bonds. The van der Waals surface area contributed by atoms with Gasteiger partial charge in [-0.25, -0.2) is 4.98 Å². The maximum Gasteiger partial charge on any atom is 0.259 e. The number of benzene rings is 2. The van der Waals surface area contributed by atoms with Gasteiger partial charge in [0.1, 0.15) is 18.7 Å². The Balaban J connectivity index is 1.63. The summed E-state index contributed by atoms with van der Waals surface area (Å²) in [5, 5.41) is 11.9. The van der Waals surface area contributed by atoms with Crippen LogP contribution in [0.4, 0.5) is 11.6 Å². The minimum Gasteiger partial charge on any atom is -0.472 e. The Morgan fingerprint density at radius 2 is 2.03 bits per heavy atom. The number of hydrogen-bond donors (Lipinski definition) is 1. The van der Waals surface area contributed by atoms with E-state index >= 15 is 0 Å². The number of aromatic nitrogens is 2. The van der Waals surface area contributed by atoms with E-state index in [-0.39, 0.29) is 24.6 Å². The number of para-hydroxylation sites is 1. The summed E-state index contributed by atoms with van der Waals surface area (Å²) in [6, 6.07) is 17.2. The van der Waals surface area contributed by atoms with Crippen molar-refractivity contribution >= 4 is 29.1 Å². The van der Waals surface area contributed by atoms with Crippen LogP contribution in [0.2, 0.25) is 5.02 Å². The second-order valence-corrected chi connectivity index (χ2v) is 7.11. The van der Waals surface area contributed by atoms with E-state index in [9.17, 15) is 4.79 Å². The zero-order valence-electron chi connectivity index (χ0n) is 16.0. The molecule has 0 saturated carbocycles. The van der Waals surface area contributed by atoms with Crippen LogP contribution < -0.4 is 15.0 Å². The number of halogens is 1. The zero-order chi connectivity index (χ0) is 20.9. The van der Waals surface area contributed by atoms with Crippen molar-refractivity contribution in [1.82, 2.24) is 15.3 Å². The third kappa shape index (κ3) is 4.19. The summed E-state index contributed by atoms with van der Waals surface area (Å²) in [5.74, 6) is 0.161. The van der Waals surface area contributed by atoms with Gasteiger partial charge in [-0.2, -0.15) is 10.2 Å². The molecule has 7 nitrogen and oxygen atoms in total. The number of nitrogens with zero attached hydrogens (tertiary/aromatic N) is 4. The number of nitriles is 1. The SMILES string of the molecule is N#CCNC(=O)c1cnc(N2CCc3ccccc32)nc1OCc1ccc(Cl)cc1. The largest absolute Gasteiger partial charge is 0.472 e. The van der Waals surface area contributed by atoms with Gasteiger partial charge < -0.3 is 15.0 Å². The van der Waals surface area contributed by atoms with Gasteiger partial charge in [0.05, 0.1) is 6.07 Å². The molecule has 2 heterocycles. The molecule has 1 aromatic heterocycles. The van der Waals surface area contributed by atoms with Gasteiger partial charge in [0.25, 0.3) is 5.91 Å². The highest BCUT2D eigenvalue weighted by molar-refractivity contribution is 6.30. The Kier molecular flexibility index (Phi) is 5.77. The minimum atomic E-state index is -0.462. The number of amides is 1. The van der Waals surface area contributed by atoms with E-state index in [2.05, 4.69) is 21.4 Å². The lowest BCUT2D eigenvalue weighted by molar-refractivity contribution is 0.0952. The van der Waals surface area contributed by atoms with Crippen LogP contribution in [0.25, 0.3) is 0 Å². The van der Waals surface area contributed by atoms with Crippen molar-refractivity contribution in [3.05, 3.63) is 76.4 Å². The predicted octanol–water partition coefficient (Wildman–Crippen LogP) is 3.66. The number of rotatable bonds is 6. The quantitative estimate of drug-likeness (QED) is 0.613. The molecule has 2 aromatic carbocycles. The van der Waals surface area contributed by atoms with E-state index in [0.717, 1.165) is 24.2 Å². The summed E-state index contributed by atoms with van der Waals surface area (Å²) < 4.78 is 5.89. The average molecular weight is 420 g/mol. The number of carbonyl (C=O) groups excluding carboxylic acids is 1. The summed E-state index contributed by atoms with van der Waals surface area (Å²) in [6.07, 6.45) is 2.33. The van der Waals surface area contributed by atoms with Crippen molar-refractivity contribution in [2.75, 3.05) is 18.0 Å². The molecule has 0 bridgehead atoms. The molecule has 8 heteroatoms. The van der Waals surface area contributed by atoms with Crippen LogP contribution in [0.1, 0.15) is 21.5 Å². The molecule has 1 aliphatic rings. The highest BCUT2D eigenvalue weighted by atomic mass is 35.5. The number of fused-ring (bicyclic) bond motifs is 1. The van der Waals surface area contributed by atoms with Crippen molar-refractivity contribution in [2.24, 2.45) is 0 Å². The lowest BCUT2D eigenvalue weighted by Gasteiger charge is -2.19. The Bertz CT molecular complexity index is 1110. The van der Waals surface area contributed by atoms with E-state index in [0.29, 0.717) is 11.0 Å². The van der Waals surface area contributed by atoms with Gasteiger partial charge in [-0.1, -0.05) is 41.9 Å². The third-order valence-electron chi connectivity index (χ3n) is 4.73. The van der Waals surface area contributed by atoms with Crippen LogP contribution in [-0.4, -0.2) is 29.0 Å². The van der Waals surface area contributed by atoms with E-state index in [1.807, 2.05) is 41.3 Å². The highest BCUT2D eigenvalue weighted by Gasteiger charge is 2.24. The minimum absolute atomic E-state index is 0.114. The fourth-order valence-electron chi connectivity index (χ4n) is 3.25. The molecule has 0 spiro atoms. The summed E-state index contributed by atoms with van der Waals surface area (Å²) in [6.45, 7) is 0.843. The molecule has 0 radical (unpaired) electrons. The average Bonchev–Trinajstić information content (AvgIpc) is 3.21. The fraction of sp³-hybridized carbons (Fsp3) is 0.182. The molecule has 1 N–H and O–H groups in total. The van der Waals surface area contributed by atoms with Gasteiger partial charge in [-0.15, -0.1) is 0 Å². The lowest BCUT2D eigenvalue weighted by Crippen LogP contribution is -2.25. The van der Waals surface area contributed by atoms with E-state index in [1.165, 1.54) is 11.8 Å². The third-order valence-corrected chi connectivity index (χ3v) is 4.98. The van der Waals surface area contributed by atoms with Crippen molar-refractivity contribution in [1.29, 1.82) is 5.26 Å². The van der Waals surface area contributed by atoms with E-state index in [1.54, 1.807) is 12.1 Å². The molecular weight excluding hydrogens is 402 g/mol. The summed E-state index contributed by atoms with van der Waals surface area (Å²) >= 11 is 5.93. The molecule has 0 saturated heterocycles. The second kappa shape index (κ2) is 8.80. The Morgan fingerprint density at radius 3 is 2.83 bits per heavy atom. The van der Waals surface area contributed by atoms with Gasteiger partial charge in [0, 0.05) is 23.5 Å². The summed E-state index contributed by atoms with van der Waals surface area (Å²) in [7, 11) is 0. The summed E-state index contributed by atoms with van der Waals surface area (Å²) in [5.41, 5.74) is 3.33. The van der Waals surface area contributed by atoms with Crippen molar-refractivity contribution in [3.8, 4) is 11.9 Å². The number of carbonyl (C=O) groups is 1. The van der Waals surface area contributed by atoms with Gasteiger partial charge in [0.2, 0.25) is 11.8 Å². The molecule has 4 rings (SSSR count). The number of ether oxygens (including phenoxy) is 1. The first kappa shape index (κ1) is 19.7. The monoisotopic (exact) mass is 419 g/mol. The van der Waals surface area contributed by atoms with Crippen LogP contribution in [0.5, 0.6) is 5.88 Å². The first-order valence-electron chi connectivity index (χ1n) is 9.40. The van der Waals surface area contributed by atoms with Crippen LogP contribution in [0.15, 0.2) is 54.7 Å². The normalized spacial score (nSPS) is 12.2. The maximum atomic E-state index is 12.5. The van der Waals surface area contributed by atoms with Crippen molar-refractivity contribution in [3.63, 3.8) is 0 Å². The van der Waals surface area contributed by atoms with Crippen molar-refractivity contribution in [2.45, 2.75) is 13.0 Å². The fourth-order valence-corrected chi connectivity index (χ4v) is 3.37. The van der Waals surface area contributed by atoms with E-state index in [4.69, 9.17) is 21.6 Å². The summed E-state index contributed by atoms with van der Waals surface area (Å²) in [4.78, 5) is 23.4. The number of hydrogen-bond acceptors (Lipinski definition) is 6. The standard InChI is InChI=1S/C22H18ClN5O2/c23-17-7-5-15(6-8-17)14-30-21-18(20(29)25-11-10-24)13-26-22(27-21)28-12-9-16-3-1-2-4-19(16)28/h1-8,13H,9,11-12,14H2,(H,25,29). The second-order valence-electron chi connectivity index (χ2n) is 6.68. The van der Waals surface area contributed by atoms with Gasteiger partial charge >= 0.3 is 0 Å². The van der Waals surface area contributed by atoms with Crippen LogP contribution in [-0.2, 0) is 13.0 Å². The first-order chi connectivity index (χ1) is 14.7. The van der Waals surface area contributed by atoms with Crippen LogP contribution in [0, 0.1) is 11.3 Å². The molecule has 3 aromatic rings. The topological polar surface area (TPSA) is 91.1 Å². The molecule has 1 aliphatic heterocycles. The number of nitrogens with one attached hydrogen (secondary N) is 1.